The Morgan fingerprint density at radius 3 is 2.64 bits per heavy atom. The standard InChI is InChI=1S/C10H13BrFNS/c1-6(13)3-7-4-8(11)10(14-2)9(12)5-7/h4-6H,3,13H2,1-2H3. The summed E-state index contributed by atoms with van der Waals surface area (Å²) in [6.45, 7) is 1.91. The largest absolute Gasteiger partial charge is 0.328 e. The van der Waals surface area contributed by atoms with Crippen LogP contribution in [0.4, 0.5) is 4.39 Å². The fourth-order valence-corrected chi connectivity index (χ4v) is 2.77. The van der Waals surface area contributed by atoms with Crippen molar-refractivity contribution in [2.75, 3.05) is 6.26 Å². The van der Waals surface area contributed by atoms with E-state index >= 15 is 0 Å². The second-order valence-electron chi connectivity index (χ2n) is 3.27. The molecule has 14 heavy (non-hydrogen) atoms. The van der Waals surface area contributed by atoms with Crippen molar-refractivity contribution < 1.29 is 4.39 Å². The molecule has 1 rings (SSSR count). The van der Waals surface area contributed by atoms with Crippen LogP contribution in [0.15, 0.2) is 21.5 Å². The summed E-state index contributed by atoms with van der Waals surface area (Å²) in [5, 5.41) is 0. The SMILES string of the molecule is CSc1c(F)cc(CC(C)N)cc1Br. The second-order valence-corrected chi connectivity index (χ2v) is 4.94. The van der Waals surface area contributed by atoms with Gasteiger partial charge in [0.15, 0.2) is 0 Å². The van der Waals surface area contributed by atoms with Crippen LogP contribution in [0.25, 0.3) is 0 Å². The molecule has 0 heterocycles. The third kappa shape index (κ3) is 2.97. The van der Waals surface area contributed by atoms with Gasteiger partial charge in [-0.3, -0.25) is 0 Å². The van der Waals surface area contributed by atoms with Crippen LogP contribution >= 0.6 is 27.7 Å². The second kappa shape index (κ2) is 5.14. The Kier molecular flexibility index (Phi) is 4.41. The lowest BCUT2D eigenvalue weighted by molar-refractivity contribution is 0.595. The van der Waals surface area contributed by atoms with Gasteiger partial charge in [-0.15, -0.1) is 11.8 Å². The van der Waals surface area contributed by atoms with Gasteiger partial charge in [0.05, 0.1) is 4.90 Å². The van der Waals surface area contributed by atoms with Crippen LogP contribution < -0.4 is 5.73 Å². The van der Waals surface area contributed by atoms with Crippen molar-refractivity contribution in [3.63, 3.8) is 0 Å². The molecule has 0 saturated heterocycles. The Morgan fingerprint density at radius 2 is 2.21 bits per heavy atom. The quantitative estimate of drug-likeness (QED) is 0.859. The van der Waals surface area contributed by atoms with Crippen molar-refractivity contribution in [2.45, 2.75) is 24.3 Å². The van der Waals surface area contributed by atoms with E-state index in [9.17, 15) is 4.39 Å². The van der Waals surface area contributed by atoms with Crippen molar-refractivity contribution in [2.24, 2.45) is 5.73 Å². The summed E-state index contributed by atoms with van der Waals surface area (Å²) in [4.78, 5) is 0.651. The highest BCUT2D eigenvalue weighted by molar-refractivity contribution is 9.10. The van der Waals surface area contributed by atoms with Gasteiger partial charge in [-0.2, -0.15) is 0 Å². The monoisotopic (exact) mass is 277 g/mol. The topological polar surface area (TPSA) is 26.0 Å². The van der Waals surface area contributed by atoms with E-state index in [0.717, 1.165) is 10.0 Å². The molecule has 1 atom stereocenters. The minimum Gasteiger partial charge on any atom is -0.328 e. The third-order valence-corrected chi connectivity index (χ3v) is 3.53. The van der Waals surface area contributed by atoms with Crippen LogP contribution in [0, 0.1) is 5.82 Å². The Hall–Kier alpha value is -0.0600. The lowest BCUT2D eigenvalue weighted by atomic mass is 10.1. The van der Waals surface area contributed by atoms with Gasteiger partial charge in [0.2, 0.25) is 0 Å². The van der Waals surface area contributed by atoms with Crippen LogP contribution in [-0.2, 0) is 6.42 Å². The molecule has 0 fully saturated rings. The van der Waals surface area contributed by atoms with Gasteiger partial charge in [0.1, 0.15) is 5.82 Å². The summed E-state index contributed by atoms with van der Waals surface area (Å²) in [5.74, 6) is -0.178. The lowest BCUT2D eigenvalue weighted by Gasteiger charge is -2.09. The first-order valence-corrected chi connectivity index (χ1v) is 6.34. The summed E-state index contributed by atoms with van der Waals surface area (Å²) in [6, 6.07) is 3.54. The molecule has 0 radical (unpaired) electrons. The van der Waals surface area contributed by atoms with Crippen molar-refractivity contribution in [1.29, 1.82) is 0 Å². The molecule has 1 unspecified atom stereocenters. The highest BCUT2D eigenvalue weighted by Gasteiger charge is 2.09. The van der Waals surface area contributed by atoms with Crippen molar-refractivity contribution in [1.82, 2.24) is 0 Å². The van der Waals surface area contributed by atoms with E-state index in [1.54, 1.807) is 6.07 Å². The zero-order valence-corrected chi connectivity index (χ0v) is 10.6. The molecule has 0 aliphatic rings. The van der Waals surface area contributed by atoms with E-state index in [0.29, 0.717) is 11.3 Å². The first-order valence-electron chi connectivity index (χ1n) is 4.32. The molecule has 4 heteroatoms. The van der Waals surface area contributed by atoms with Crippen LogP contribution in [0.3, 0.4) is 0 Å². The minimum atomic E-state index is -0.178. The molecule has 1 aromatic carbocycles. The lowest BCUT2D eigenvalue weighted by Crippen LogP contribution is -2.17. The van der Waals surface area contributed by atoms with E-state index in [1.165, 1.54) is 11.8 Å². The molecule has 0 spiro atoms. The highest BCUT2D eigenvalue weighted by Crippen LogP contribution is 2.30. The van der Waals surface area contributed by atoms with Crippen molar-refractivity contribution in [3.8, 4) is 0 Å². The number of nitrogens with two attached hydrogens (primary N) is 1. The zero-order valence-electron chi connectivity index (χ0n) is 8.18. The predicted octanol–water partition coefficient (Wildman–Crippen LogP) is 3.20. The fraction of sp³-hybridized carbons (Fsp3) is 0.400. The van der Waals surface area contributed by atoms with Gasteiger partial charge < -0.3 is 5.73 Å². The van der Waals surface area contributed by atoms with E-state index in [-0.39, 0.29) is 11.9 Å². The Bertz CT molecular complexity index is 305. The molecule has 1 aromatic rings. The molecule has 0 aromatic heterocycles. The molecule has 0 saturated carbocycles. The van der Waals surface area contributed by atoms with Gasteiger partial charge in [-0.1, -0.05) is 0 Å². The van der Waals surface area contributed by atoms with E-state index in [1.807, 2.05) is 19.2 Å². The van der Waals surface area contributed by atoms with Crippen molar-refractivity contribution >= 4 is 27.7 Å². The Morgan fingerprint density at radius 1 is 1.57 bits per heavy atom. The predicted molar refractivity (Wildman–Crippen MR) is 63.2 cm³/mol. The first kappa shape index (κ1) is 12.0. The van der Waals surface area contributed by atoms with Crippen molar-refractivity contribution in [3.05, 3.63) is 28.0 Å². The van der Waals surface area contributed by atoms with Crippen LogP contribution in [0.5, 0.6) is 0 Å². The molecule has 1 nitrogen and oxygen atoms in total. The van der Waals surface area contributed by atoms with Gasteiger partial charge in [-0.25, -0.2) is 4.39 Å². The van der Waals surface area contributed by atoms with Gasteiger partial charge in [0, 0.05) is 10.5 Å². The van der Waals surface area contributed by atoms with E-state index < -0.39 is 0 Å². The van der Waals surface area contributed by atoms with Crippen LogP contribution in [-0.4, -0.2) is 12.3 Å². The fourth-order valence-electron chi connectivity index (χ4n) is 1.30. The van der Waals surface area contributed by atoms with Crippen LogP contribution in [0.2, 0.25) is 0 Å². The summed E-state index contributed by atoms with van der Waals surface area (Å²) >= 11 is 4.74. The maximum absolute atomic E-state index is 13.5. The first-order chi connectivity index (χ1) is 6.54. The maximum Gasteiger partial charge on any atom is 0.138 e. The Balaban J connectivity index is 3.01. The maximum atomic E-state index is 13.5. The number of hydrogen-bond acceptors (Lipinski definition) is 2. The van der Waals surface area contributed by atoms with Gasteiger partial charge >= 0.3 is 0 Å². The molecular formula is C10H13BrFNS. The smallest absolute Gasteiger partial charge is 0.138 e. The average Bonchev–Trinajstić information content (AvgIpc) is 2.01. The molecule has 78 valence electrons. The zero-order chi connectivity index (χ0) is 10.7. The highest BCUT2D eigenvalue weighted by atomic mass is 79.9. The number of halogens is 2. The van der Waals surface area contributed by atoms with Gasteiger partial charge in [0.25, 0.3) is 0 Å². The van der Waals surface area contributed by atoms with E-state index in [2.05, 4.69) is 15.9 Å². The molecule has 0 bridgehead atoms. The number of thioether (sulfide) groups is 1. The van der Waals surface area contributed by atoms with E-state index in [4.69, 9.17) is 5.73 Å². The summed E-state index contributed by atoms with van der Waals surface area (Å²) in [7, 11) is 0. The average molecular weight is 278 g/mol. The third-order valence-electron chi connectivity index (χ3n) is 1.82. The normalized spacial score (nSPS) is 12.9. The van der Waals surface area contributed by atoms with Crippen LogP contribution in [0.1, 0.15) is 12.5 Å². The molecule has 0 amide bonds. The number of benzene rings is 1. The summed E-state index contributed by atoms with van der Waals surface area (Å²) < 4.78 is 14.3. The summed E-state index contributed by atoms with van der Waals surface area (Å²) in [6.07, 6.45) is 2.55. The molecule has 0 aliphatic carbocycles. The Labute approximate surface area is 96.4 Å². The van der Waals surface area contributed by atoms with Gasteiger partial charge in [-0.05, 0) is 53.2 Å². The molecule has 0 aliphatic heterocycles. The minimum absolute atomic E-state index is 0.0569. The molecule has 2 N–H and O–H groups in total. The number of hydrogen-bond donors (Lipinski definition) is 1. The molecular weight excluding hydrogens is 265 g/mol. The number of rotatable bonds is 3. The summed E-state index contributed by atoms with van der Waals surface area (Å²) in [5.41, 5.74) is 6.58.